The van der Waals surface area contributed by atoms with E-state index in [0.717, 1.165) is 43.1 Å². The summed E-state index contributed by atoms with van der Waals surface area (Å²) in [6.45, 7) is 7.52. The molecule has 4 heterocycles. The fourth-order valence-corrected chi connectivity index (χ4v) is 3.73. The van der Waals surface area contributed by atoms with Crippen LogP contribution < -0.4 is 10.5 Å². The Balaban J connectivity index is 1.48. The third kappa shape index (κ3) is 3.98. The van der Waals surface area contributed by atoms with Crippen molar-refractivity contribution in [3.63, 3.8) is 0 Å². The van der Waals surface area contributed by atoms with Crippen LogP contribution in [0.15, 0.2) is 35.4 Å². The maximum absolute atomic E-state index is 13.4. The van der Waals surface area contributed by atoms with Crippen molar-refractivity contribution in [1.82, 2.24) is 19.9 Å². The van der Waals surface area contributed by atoms with Crippen molar-refractivity contribution in [3.05, 3.63) is 63.2 Å². The smallest absolute Gasteiger partial charge is 0.266 e. The van der Waals surface area contributed by atoms with Gasteiger partial charge in [0.05, 0.1) is 16.6 Å². The van der Waals surface area contributed by atoms with E-state index in [4.69, 9.17) is 0 Å². The normalized spacial score (nSPS) is 15.4. The number of alkyl halides is 2. The fraction of sp³-hybridized carbons (Fsp3) is 0.381. The molecule has 1 aliphatic rings. The molecule has 0 saturated carbocycles. The van der Waals surface area contributed by atoms with Crippen molar-refractivity contribution in [2.75, 3.05) is 31.1 Å². The molecule has 1 saturated heterocycles. The number of aryl methyl sites for hydroxylation is 1. The monoisotopic (exact) mass is 399 g/mol. The first-order valence-electron chi connectivity index (χ1n) is 9.62. The Hall–Kier alpha value is -2.87. The number of nitrogens with zero attached hydrogens (tertiary/aromatic N) is 4. The summed E-state index contributed by atoms with van der Waals surface area (Å²) in [5.41, 5.74) is 1.79. The lowest BCUT2D eigenvalue weighted by molar-refractivity contribution is 0.152. The molecule has 1 N–H and O–H groups in total. The number of rotatable bonds is 4. The lowest BCUT2D eigenvalue weighted by Crippen LogP contribution is -2.46. The number of anilines is 1. The molecule has 1 aliphatic heterocycles. The number of aromatic nitrogens is 3. The van der Waals surface area contributed by atoms with Crippen molar-refractivity contribution in [2.24, 2.45) is 0 Å². The summed E-state index contributed by atoms with van der Waals surface area (Å²) in [7, 11) is 0. The summed E-state index contributed by atoms with van der Waals surface area (Å²) < 4.78 is 26.8. The van der Waals surface area contributed by atoms with Crippen LogP contribution in [0.4, 0.5) is 14.6 Å². The third-order valence-electron chi connectivity index (χ3n) is 5.41. The number of hydrogen-bond acceptors (Lipinski definition) is 5. The third-order valence-corrected chi connectivity index (χ3v) is 5.41. The van der Waals surface area contributed by atoms with Gasteiger partial charge in [0.15, 0.2) is 0 Å². The van der Waals surface area contributed by atoms with Gasteiger partial charge < -0.3 is 9.88 Å². The molecule has 0 radical (unpaired) electrons. The van der Waals surface area contributed by atoms with Gasteiger partial charge in [0.2, 0.25) is 0 Å². The number of hydrogen-bond donors (Lipinski definition) is 1. The predicted octanol–water partition coefficient (Wildman–Crippen LogP) is 3.19. The van der Waals surface area contributed by atoms with Gasteiger partial charge in [-0.15, -0.1) is 0 Å². The Bertz CT molecular complexity index is 1070. The van der Waals surface area contributed by atoms with Gasteiger partial charge in [-0.3, -0.25) is 14.7 Å². The van der Waals surface area contributed by atoms with Gasteiger partial charge in [-0.25, -0.2) is 13.8 Å². The zero-order valence-corrected chi connectivity index (χ0v) is 16.5. The minimum absolute atomic E-state index is 0.0218. The van der Waals surface area contributed by atoms with Crippen molar-refractivity contribution >= 4 is 16.9 Å². The highest BCUT2D eigenvalue weighted by Crippen LogP contribution is 2.27. The van der Waals surface area contributed by atoms with Gasteiger partial charge >= 0.3 is 0 Å². The second kappa shape index (κ2) is 7.87. The van der Waals surface area contributed by atoms with E-state index >= 15 is 0 Å². The van der Waals surface area contributed by atoms with Crippen LogP contribution in [0.1, 0.15) is 28.7 Å². The van der Waals surface area contributed by atoms with Crippen molar-refractivity contribution < 1.29 is 8.78 Å². The molecule has 0 atom stereocenters. The van der Waals surface area contributed by atoms with Crippen LogP contribution in [-0.4, -0.2) is 46.0 Å². The molecule has 0 aromatic carbocycles. The van der Waals surface area contributed by atoms with Crippen LogP contribution in [-0.2, 0) is 6.54 Å². The van der Waals surface area contributed by atoms with Crippen molar-refractivity contribution in [1.29, 1.82) is 0 Å². The molecule has 0 bridgehead atoms. The quantitative estimate of drug-likeness (QED) is 0.730. The highest BCUT2D eigenvalue weighted by Gasteiger charge is 2.21. The number of halogens is 2. The van der Waals surface area contributed by atoms with Crippen LogP contribution in [0.3, 0.4) is 0 Å². The summed E-state index contributed by atoms with van der Waals surface area (Å²) in [5.74, 6) is 0.982. The van der Waals surface area contributed by atoms with Crippen LogP contribution >= 0.6 is 0 Å². The molecule has 0 amide bonds. The zero-order valence-electron chi connectivity index (χ0n) is 16.5. The molecule has 152 valence electrons. The zero-order chi connectivity index (χ0) is 20.5. The Morgan fingerprint density at radius 3 is 2.52 bits per heavy atom. The number of pyridine rings is 3. The summed E-state index contributed by atoms with van der Waals surface area (Å²) in [4.78, 5) is 28.0. The molecule has 0 spiro atoms. The molecule has 8 heteroatoms. The summed E-state index contributed by atoms with van der Waals surface area (Å²) in [6, 6.07) is 5.85. The Labute approximate surface area is 167 Å². The predicted molar refractivity (Wildman–Crippen MR) is 109 cm³/mol. The Kier molecular flexibility index (Phi) is 5.27. The van der Waals surface area contributed by atoms with Gasteiger partial charge in [0.1, 0.15) is 5.82 Å². The number of piperazine rings is 1. The van der Waals surface area contributed by atoms with E-state index in [1.165, 1.54) is 6.92 Å². The van der Waals surface area contributed by atoms with E-state index in [1.54, 1.807) is 12.3 Å². The van der Waals surface area contributed by atoms with E-state index in [2.05, 4.69) is 30.8 Å². The van der Waals surface area contributed by atoms with E-state index in [-0.39, 0.29) is 16.6 Å². The topological polar surface area (TPSA) is 65.1 Å². The summed E-state index contributed by atoms with van der Waals surface area (Å²) in [5, 5.41) is 0. The van der Waals surface area contributed by atoms with E-state index in [0.29, 0.717) is 12.1 Å². The van der Waals surface area contributed by atoms with Crippen LogP contribution in [0.5, 0.6) is 0 Å². The average Bonchev–Trinajstić information content (AvgIpc) is 2.70. The Morgan fingerprint density at radius 1 is 1.10 bits per heavy atom. The van der Waals surface area contributed by atoms with Crippen molar-refractivity contribution in [3.8, 4) is 0 Å². The first-order valence-corrected chi connectivity index (χ1v) is 9.62. The van der Waals surface area contributed by atoms with Crippen LogP contribution in [0, 0.1) is 13.8 Å². The van der Waals surface area contributed by atoms with Crippen LogP contribution in [0.25, 0.3) is 11.0 Å². The Morgan fingerprint density at radius 2 is 1.86 bits per heavy atom. The molecule has 3 aromatic rings. The van der Waals surface area contributed by atoms with Crippen molar-refractivity contribution in [2.45, 2.75) is 26.8 Å². The average molecular weight is 399 g/mol. The van der Waals surface area contributed by atoms with Gasteiger partial charge in [-0.05, 0) is 37.1 Å². The van der Waals surface area contributed by atoms with Gasteiger partial charge in [0.25, 0.3) is 12.0 Å². The van der Waals surface area contributed by atoms with E-state index < -0.39 is 12.0 Å². The van der Waals surface area contributed by atoms with E-state index in [1.807, 2.05) is 19.2 Å². The second-order valence-electron chi connectivity index (χ2n) is 7.49. The second-order valence-corrected chi connectivity index (χ2v) is 7.49. The number of aromatic amines is 1. The molecule has 0 unspecified atom stereocenters. The van der Waals surface area contributed by atoms with E-state index in [9.17, 15) is 13.6 Å². The van der Waals surface area contributed by atoms with Gasteiger partial charge in [-0.2, -0.15) is 0 Å². The molecule has 29 heavy (non-hydrogen) atoms. The fourth-order valence-electron chi connectivity index (χ4n) is 3.73. The molecule has 0 aliphatic carbocycles. The highest BCUT2D eigenvalue weighted by molar-refractivity contribution is 5.79. The first kappa shape index (κ1) is 19.4. The minimum Gasteiger partial charge on any atom is -0.354 e. The molecular formula is C21H23F2N5O. The standard InChI is InChI=1S/C21H23F2N5O/c1-13-3-4-17(24-10-13)28-7-5-27(6-8-28)12-15-9-16-19(25-11-15)18(20(22)23)14(2)21(29)26-16/h3-4,9-11,20H,5-8,12H2,1-2H3,(H,26,29). The summed E-state index contributed by atoms with van der Waals surface area (Å²) >= 11 is 0. The first-order chi connectivity index (χ1) is 13.9. The SMILES string of the molecule is Cc1ccc(N2CCN(Cc3cnc4c(C(F)F)c(C)c(=O)[nH]c4c3)CC2)nc1. The maximum Gasteiger partial charge on any atom is 0.266 e. The molecular weight excluding hydrogens is 376 g/mol. The largest absolute Gasteiger partial charge is 0.354 e. The summed E-state index contributed by atoms with van der Waals surface area (Å²) in [6.07, 6.45) is 0.764. The lowest BCUT2D eigenvalue weighted by Gasteiger charge is -2.35. The lowest BCUT2D eigenvalue weighted by atomic mass is 10.1. The number of nitrogens with one attached hydrogen (secondary N) is 1. The maximum atomic E-state index is 13.4. The number of fused-ring (bicyclic) bond motifs is 1. The minimum atomic E-state index is -2.73. The molecule has 6 nitrogen and oxygen atoms in total. The van der Waals surface area contributed by atoms with Crippen LogP contribution in [0.2, 0.25) is 0 Å². The molecule has 1 fully saturated rings. The molecule has 3 aromatic heterocycles. The highest BCUT2D eigenvalue weighted by atomic mass is 19.3. The number of H-pyrrole nitrogens is 1. The molecule has 4 rings (SSSR count). The van der Waals surface area contributed by atoms with Gasteiger partial charge in [0, 0.05) is 50.7 Å². The van der Waals surface area contributed by atoms with Gasteiger partial charge in [-0.1, -0.05) is 6.07 Å².